The highest BCUT2D eigenvalue weighted by molar-refractivity contribution is 5.82. The van der Waals surface area contributed by atoms with Crippen LogP contribution in [0.15, 0.2) is 30.3 Å². The molecular formula is C25H31N3O3. The molecule has 1 aromatic carbocycles. The molecule has 2 aromatic rings. The topological polar surface area (TPSA) is 73.2 Å². The number of hydrogen-bond acceptors (Lipinski definition) is 4. The minimum Gasteiger partial charge on any atom is -0.455 e. The van der Waals surface area contributed by atoms with E-state index in [1.54, 1.807) is 0 Å². The molecule has 6 nitrogen and oxygen atoms in total. The molecule has 0 radical (unpaired) electrons. The number of rotatable bonds is 6. The molecule has 6 heteroatoms. The Morgan fingerprint density at radius 1 is 1.06 bits per heavy atom. The lowest BCUT2D eigenvalue weighted by atomic mass is 9.53. The maximum absolute atomic E-state index is 12.6. The number of para-hydroxylation sites is 1. The summed E-state index contributed by atoms with van der Waals surface area (Å²) < 4.78 is 7.20. The second-order valence-corrected chi connectivity index (χ2v) is 9.98. The Labute approximate surface area is 183 Å². The van der Waals surface area contributed by atoms with Crippen LogP contribution in [-0.2, 0) is 20.7 Å². The van der Waals surface area contributed by atoms with Crippen molar-refractivity contribution in [1.29, 1.82) is 0 Å². The van der Waals surface area contributed by atoms with Crippen molar-refractivity contribution in [2.45, 2.75) is 64.3 Å². The van der Waals surface area contributed by atoms with Gasteiger partial charge in [-0.25, -0.2) is 4.68 Å². The van der Waals surface area contributed by atoms with Crippen LogP contribution in [0.3, 0.4) is 0 Å². The molecule has 1 aromatic heterocycles. The highest BCUT2D eigenvalue weighted by Gasteiger charge is 2.51. The monoisotopic (exact) mass is 421 g/mol. The molecule has 1 amide bonds. The fraction of sp³-hybridized carbons (Fsp3) is 0.560. The second-order valence-electron chi connectivity index (χ2n) is 9.98. The van der Waals surface area contributed by atoms with Gasteiger partial charge >= 0.3 is 5.97 Å². The number of ether oxygens (including phenoxy) is 1. The predicted octanol–water partition coefficient (Wildman–Crippen LogP) is 3.66. The van der Waals surface area contributed by atoms with Gasteiger partial charge in [-0.3, -0.25) is 9.59 Å². The molecule has 1 heterocycles. The number of nitrogens with one attached hydrogen (secondary N) is 1. The first kappa shape index (κ1) is 20.3. The van der Waals surface area contributed by atoms with Gasteiger partial charge in [-0.1, -0.05) is 18.2 Å². The lowest BCUT2D eigenvalue weighted by Crippen LogP contribution is -2.60. The number of aromatic nitrogens is 2. The van der Waals surface area contributed by atoms with Crippen LogP contribution < -0.4 is 5.32 Å². The number of hydrogen-bond donors (Lipinski definition) is 1. The molecular weight excluding hydrogens is 390 g/mol. The van der Waals surface area contributed by atoms with Gasteiger partial charge in [0.15, 0.2) is 6.61 Å². The molecule has 4 saturated carbocycles. The zero-order chi connectivity index (χ0) is 21.6. The van der Waals surface area contributed by atoms with Gasteiger partial charge in [0.2, 0.25) is 0 Å². The van der Waals surface area contributed by atoms with Crippen LogP contribution in [0.25, 0.3) is 5.69 Å². The van der Waals surface area contributed by atoms with Crippen molar-refractivity contribution in [1.82, 2.24) is 15.1 Å². The molecule has 164 valence electrons. The molecule has 0 atom stereocenters. The third kappa shape index (κ3) is 4.00. The summed E-state index contributed by atoms with van der Waals surface area (Å²) in [5.41, 5.74) is 3.48. The molecule has 0 unspecified atom stereocenters. The van der Waals surface area contributed by atoms with Crippen molar-refractivity contribution >= 4 is 11.9 Å². The van der Waals surface area contributed by atoms with E-state index in [2.05, 4.69) is 10.4 Å². The van der Waals surface area contributed by atoms with Crippen molar-refractivity contribution in [3.63, 3.8) is 0 Å². The fourth-order valence-electron chi connectivity index (χ4n) is 6.69. The Kier molecular flexibility index (Phi) is 5.11. The number of amides is 1. The average molecular weight is 422 g/mol. The van der Waals surface area contributed by atoms with Crippen molar-refractivity contribution in [3.8, 4) is 5.69 Å². The molecule has 4 aliphatic carbocycles. The number of nitrogens with zero attached hydrogens (tertiary/aromatic N) is 2. The van der Waals surface area contributed by atoms with Gasteiger partial charge in [0.1, 0.15) is 0 Å². The van der Waals surface area contributed by atoms with Gasteiger partial charge in [-0.05, 0) is 82.3 Å². The maximum Gasteiger partial charge on any atom is 0.310 e. The molecule has 1 N–H and O–H groups in total. The maximum atomic E-state index is 12.6. The van der Waals surface area contributed by atoms with E-state index >= 15 is 0 Å². The number of benzene rings is 1. The summed E-state index contributed by atoms with van der Waals surface area (Å²) in [6.07, 6.45) is 7.40. The summed E-state index contributed by atoms with van der Waals surface area (Å²) in [7, 11) is 0. The summed E-state index contributed by atoms with van der Waals surface area (Å²) in [6.45, 7) is 3.65. The number of carbonyl (C=O) groups excluding carboxylic acids is 2. The van der Waals surface area contributed by atoms with Gasteiger partial charge in [0.05, 0.1) is 17.8 Å². The van der Waals surface area contributed by atoms with Crippen molar-refractivity contribution in [2.24, 2.45) is 17.8 Å². The van der Waals surface area contributed by atoms with Crippen molar-refractivity contribution < 1.29 is 14.3 Å². The normalized spacial score (nSPS) is 28.5. The van der Waals surface area contributed by atoms with Gasteiger partial charge < -0.3 is 10.1 Å². The molecule has 31 heavy (non-hydrogen) atoms. The zero-order valence-electron chi connectivity index (χ0n) is 18.4. The first-order valence-corrected chi connectivity index (χ1v) is 11.5. The quantitative estimate of drug-likeness (QED) is 0.723. The highest BCUT2D eigenvalue weighted by atomic mass is 16.5. The average Bonchev–Trinajstić information content (AvgIpc) is 3.00. The summed E-state index contributed by atoms with van der Waals surface area (Å²) in [5, 5.41) is 7.84. The number of aryl methyl sites for hydroxylation is 1. The zero-order valence-corrected chi connectivity index (χ0v) is 18.4. The first-order chi connectivity index (χ1) is 14.9. The Bertz CT molecular complexity index is 960. The molecule has 0 spiro atoms. The second kappa shape index (κ2) is 7.81. The summed E-state index contributed by atoms with van der Waals surface area (Å²) in [4.78, 5) is 25.1. The summed E-state index contributed by atoms with van der Waals surface area (Å²) in [5.74, 6) is 1.74. The standard InChI is InChI=1S/C25H31N3O3/c1-16-22(17(2)28(27-16)21-6-4-3-5-7-21)11-24(30)31-15-23(29)26-25-12-18-8-19(13-25)10-20(9-18)14-25/h3-7,18-20H,8-15H2,1-2H3,(H,26,29). The Balaban J connectivity index is 1.17. The minimum atomic E-state index is -0.389. The van der Waals surface area contributed by atoms with Gasteiger partial charge in [-0.15, -0.1) is 0 Å². The van der Waals surface area contributed by atoms with Gasteiger partial charge in [-0.2, -0.15) is 5.10 Å². The minimum absolute atomic E-state index is 0.0533. The third-order valence-corrected chi connectivity index (χ3v) is 7.57. The SMILES string of the molecule is Cc1nn(-c2ccccc2)c(C)c1CC(=O)OCC(=O)NC12CC3CC(CC(C3)C1)C2. The molecule has 6 rings (SSSR count). The molecule has 0 saturated heterocycles. The molecule has 0 aliphatic heterocycles. The molecule has 4 bridgehead atoms. The van der Waals surface area contributed by atoms with Crippen LogP contribution in [-0.4, -0.2) is 33.8 Å². The van der Waals surface area contributed by atoms with E-state index in [4.69, 9.17) is 4.74 Å². The Morgan fingerprint density at radius 2 is 1.68 bits per heavy atom. The van der Waals surface area contributed by atoms with E-state index in [1.807, 2.05) is 48.9 Å². The van der Waals surface area contributed by atoms with E-state index < -0.39 is 0 Å². The number of esters is 1. The lowest BCUT2D eigenvalue weighted by molar-refractivity contribution is -0.149. The predicted molar refractivity (Wildman–Crippen MR) is 117 cm³/mol. The van der Waals surface area contributed by atoms with E-state index in [9.17, 15) is 9.59 Å². The van der Waals surface area contributed by atoms with Gasteiger partial charge in [0.25, 0.3) is 5.91 Å². The van der Waals surface area contributed by atoms with Crippen LogP contribution in [0.4, 0.5) is 0 Å². The van der Waals surface area contributed by atoms with Crippen LogP contribution in [0.5, 0.6) is 0 Å². The number of carbonyl (C=O) groups is 2. The van der Waals surface area contributed by atoms with E-state index in [0.29, 0.717) is 0 Å². The Morgan fingerprint density at radius 3 is 2.29 bits per heavy atom. The van der Waals surface area contributed by atoms with Crippen LogP contribution in [0.2, 0.25) is 0 Å². The molecule has 4 aliphatic rings. The van der Waals surface area contributed by atoms with E-state index in [0.717, 1.165) is 59.7 Å². The van der Waals surface area contributed by atoms with E-state index in [-0.39, 0.29) is 30.4 Å². The van der Waals surface area contributed by atoms with Gasteiger partial charge in [0, 0.05) is 16.8 Å². The summed E-state index contributed by atoms with van der Waals surface area (Å²) in [6, 6.07) is 9.85. The Hall–Kier alpha value is -2.63. The van der Waals surface area contributed by atoms with Crippen LogP contribution in [0.1, 0.15) is 55.5 Å². The van der Waals surface area contributed by atoms with E-state index in [1.165, 1.54) is 19.3 Å². The largest absolute Gasteiger partial charge is 0.455 e. The lowest BCUT2D eigenvalue weighted by Gasteiger charge is -2.56. The van der Waals surface area contributed by atoms with Crippen molar-refractivity contribution in [3.05, 3.63) is 47.3 Å². The van der Waals surface area contributed by atoms with Crippen LogP contribution in [0, 0.1) is 31.6 Å². The fourth-order valence-corrected chi connectivity index (χ4v) is 6.69. The first-order valence-electron chi connectivity index (χ1n) is 11.5. The van der Waals surface area contributed by atoms with Crippen molar-refractivity contribution in [2.75, 3.05) is 6.61 Å². The summed E-state index contributed by atoms with van der Waals surface area (Å²) >= 11 is 0. The third-order valence-electron chi connectivity index (χ3n) is 7.57. The van der Waals surface area contributed by atoms with Crippen LogP contribution >= 0.6 is 0 Å². The smallest absolute Gasteiger partial charge is 0.310 e. The molecule has 4 fully saturated rings. The highest BCUT2D eigenvalue weighted by Crippen LogP contribution is 2.55.